The van der Waals surface area contributed by atoms with Gasteiger partial charge >= 0.3 is 0 Å². The fraction of sp³-hybridized carbons (Fsp3) is 0.455. The molecular formula is C22H32. The molecule has 0 saturated heterocycles. The summed E-state index contributed by atoms with van der Waals surface area (Å²) in [6.45, 7) is 15.5. The van der Waals surface area contributed by atoms with Gasteiger partial charge in [0.2, 0.25) is 0 Å². The summed E-state index contributed by atoms with van der Waals surface area (Å²) in [6, 6.07) is 11.0. The van der Waals surface area contributed by atoms with Crippen molar-refractivity contribution in [2.75, 3.05) is 0 Å². The Hall–Kier alpha value is -1.56. The predicted octanol–water partition coefficient (Wildman–Crippen LogP) is 6.85. The van der Waals surface area contributed by atoms with Crippen molar-refractivity contribution in [1.29, 1.82) is 0 Å². The highest BCUT2D eigenvalue weighted by Crippen LogP contribution is 2.49. The van der Waals surface area contributed by atoms with Crippen molar-refractivity contribution >= 4 is 0 Å². The van der Waals surface area contributed by atoms with E-state index in [-0.39, 0.29) is 10.8 Å². The Morgan fingerprint density at radius 2 is 1.77 bits per heavy atom. The highest BCUT2D eigenvalue weighted by Gasteiger charge is 2.42. The molecule has 0 heteroatoms. The van der Waals surface area contributed by atoms with Gasteiger partial charge in [0.1, 0.15) is 0 Å². The van der Waals surface area contributed by atoms with E-state index in [9.17, 15) is 0 Å². The fourth-order valence-corrected chi connectivity index (χ4v) is 3.15. The minimum absolute atomic E-state index is 0.100. The van der Waals surface area contributed by atoms with Crippen molar-refractivity contribution in [2.24, 2.45) is 5.41 Å². The molecule has 0 aliphatic carbocycles. The molecule has 0 N–H and O–H groups in total. The lowest BCUT2D eigenvalue weighted by molar-refractivity contribution is 0.208. The summed E-state index contributed by atoms with van der Waals surface area (Å²) in [5, 5.41) is 0. The van der Waals surface area contributed by atoms with Gasteiger partial charge in [-0.1, -0.05) is 94.3 Å². The first-order valence-corrected chi connectivity index (χ1v) is 8.40. The molecule has 0 saturated carbocycles. The molecule has 1 aromatic rings. The number of benzene rings is 1. The maximum Gasteiger partial charge on any atom is 0.00129 e. The van der Waals surface area contributed by atoms with Gasteiger partial charge in [-0.25, -0.2) is 0 Å². The summed E-state index contributed by atoms with van der Waals surface area (Å²) >= 11 is 0. The van der Waals surface area contributed by atoms with Crippen LogP contribution in [-0.2, 0) is 5.41 Å². The molecule has 22 heavy (non-hydrogen) atoms. The Bertz CT molecular complexity index is 516. The highest BCUT2D eigenvalue weighted by atomic mass is 14.5. The van der Waals surface area contributed by atoms with Gasteiger partial charge in [0.05, 0.1) is 0 Å². The maximum atomic E-state index is 3.76. The third kappa shape index (κ3) is 4.00. The molecule has 0 bridgehead atoms. The van der Waals surface area contributed by atoms with E-state index in [1.54, 1.807) is 0 Å². The fourth-order valence-electron chi connectivity index (χ4n) is 3.15. The van der Waals surface area contributed by atoms with Crippen LogP contribution in [0.15, 0.2) is 66.8 Å². The average molecular weight is 296 g/mol. The molecule has 1 rings (SSSR count). The van der Waals surface area contributed by atoms with Crippen LogP contribution in [0.1, 0.15) is 59.4 Å². The summed E-state index contributed by atoms with van der Waals surface area (Å²) in [5.41, 5.74) is 3.09. The van der Waals surface area contributed by atoms with Crippen LogP contribution in [0.25, 0.3) is 0 Å². The van der Waals surface area contributed by atoms with Gasteiger partial charge in [0.25, 0.3) is 0 Å². The lowest BCUT2D eigenvalue weighted by atomic mass is 9.58. The smallest absolute Gasteiger partial charge is 0.00129 e. The van der Waals surface area contributed by atoms with Gasteiger partial charge in [0, 0.05) is 5.41 Å². The number of hydrogen-bond acceptors (Lipinski definition) is 0. The van der Waals surface area contributed by atoms with Crippen LogP contribution in [0.2, 0.25) is 0 Å². The second-order valence-electron chi connectivity index (χ2n) is 6.88. The van der Waals surface area contributed by atoms with Gasteiger partial charge in [0.15, 0.2) is 0 Å². The molecule has 0 heterocycles. The summed E-state index contributed by atoms with van der Waals surface area (Å²) in [7, 11) is 0. The van der Waals surface area contributed by atoms with E-state index in [0.717, 1.165) is 6.42 Å². The predicted molar refractivity (Wildman–Crippen MR) is 100 cm³/mol. The minimum Gasteiger partial charge on any atom is -0.103 e. The van der Waals surface area contributed by atoms with Crippen LogP contribution in [0, 0.1) is 5.41 Å². The number of allylic oxidation sites excluding steroid dienone is 5. The van der Waals surface area contributed by atoms with Crippen LogP contribution in [-0.4, -0.2) is 0 Å². The van der Waals surface area contributed by atoms with E-state index in [1.165, 1.54) is 24.0 Å². The highest BCUT2D eigenvalue weighted by molar-refractivity contribution is 5.33. The van der Waals surface area contributed by atoms with Crippen LogP contribution >= 0.6 is 0 Å². The molecule has 0 aromatic heterocycles. The summed E-state index contributed by atoms with van der Waals surface area (Å²) in [6.07, 6.45) is 11.8. The Kier molecular flexibility index (Phi) is 6.87. The SMILES string of the molecule is C=CC/C=C\C=C(/C)C(C)(C)C(C)(CCC)c1ccccc1. The molecule has 1 unspecified atom stereocenters. The molecular weight excluding hydrogens is 264 g/mol. The second kappa shape index (κ2) is 8.17. The van der Waals surface area contributed by atoms with Crippen molar-refractivity contribution in [2.45, 2.75) is 59.3 Å². The molecule has 0 fully saturated rings. The van der Waals surface area contributed by atoms with E-state index < -0.39 is 0 Å². The third-order valence-electron chi connectivity index (χ3n) is 5.31. The Morgan fingerprint density at radius 1 is 1.14 bits per heavy atom. The van der Waals surface area contributed by atoms with Crippen LogP contribution in [0.5, 0.6) is 0 Å². The topological polar surface area (TPSA) is 0 Å². The monoisotopic (exact) mass is 296 g/mol. The summed E-state index contributed by atoms with van der Waals surface area (Å²) < 4.78 is 0. The van der Waals surface area contributed by atoms with Crippen molar-refractivity contribution in [1.82, 2.24) is 0 Å². The molecule has 120 valence electrons. The van der Waals surface area contributed by atoms with Crippen LogP contribution in [0.3, 0.4) is 0 Å². The zero-order valence-electron chi connectivity index (χ0n) is 15.0. The number of rotatable bonds is 8. The molecule has 0 aliphatic heterocycles. The normalized spacial score (nSPS) is 15.8. The largest absolute Gasteiger partial charge is 0.103 e. The molecule has 1 aromatic carbocycles. The van der Waals surface area contributed by atoms with Crippen molar-refractivity contribution < 1.29 is 0 Å². The standard InChI is InChI=1S/C22H32/c1-7-9-10-12-15-19(3)21(4,5)22(6,18-8-2)20-16-13-11-14-17-20/h7,10-17H,1,8-9,18H2,2-6H3/b12-10-,19-15+. The zero-order valence-corrected chi connectivity index (χ0v) is 15.0. The van der Waals surface area contributed by atoms with E-state index >= 15 is 0 Å². The molecule has 0 radical (unpaired) electrons. The van der Waals surface area contributed by atoms with Crippen molar-refractivity contribution in [3.05, 3.63) is 72.4 Å². The zero-order chi connectivity index (χ0) is 16.6. The molecule has 0 nitrogen and oxygen atoms in total. The summed E-state index contributed by atoms with van der Waals surface area (Å²) in [5.74, 6) is 0. The Balaban J connectivity index is 3.20. The van der Waals surface area contributed by atoms with E-state index in [0.29, 0.717) is 0 Å². The Morgan fingerprint density at radius 3 is 2.32 bits per heavy atom. The average Bonchev–Trinajstić information content (AvgIpc) is 2.52. The second-order valence-corrected chi connectivity index (χ2v) is 6.88. The van der Waals surface area contributed by atoms with Crippen LogP contribution < -0.4 is 0 Å². The maximum absolute atomic E-state index is 3.76. The third-order valence-corrected chi connectivity index (χ3v) is 5.31. The first-order chi connectivity index (χ1) is 10.4. The summed E-state index contributed by atoms with van der Waals surface area (Å²) in [4.78, 5) is 0. The molecule has 0 spiro atoms. The number of hydrogen-bond donors (Lipinski definition) is 0. The molecule has 1 atom stereocenters. The van der Waals surface area contributed by atoms with E-state index in [2.05, 4.69) is 89.8 Å². The quantitative estimate of drug-likeness (QED) is 0.363. The first kappa shape index (κ1) is 18.5. The van der Waals surface area contributed by atoms with Crippen molar-refractivity contribution in [3.8, 4) is 0 Å². The minimum atomic E-state index is 0.100. The Labute approximate surface area is 137 Å². The van der Waals surface area contributed by atoms with Crippen LogP contribution in [0.4, 0.5) is 0 Å². The lowest BCUT2D eigenvalue weighted by Gasteiger charge is -2.46. The van der Waals surface area contributed by atoms with Gasteiger partial charge in [-0.3, -0.25) is 0 Å². The van der Waals surface area contributed by atoms with Gasteiger partial charge in [-0.15, -0.1) is 6.58 Å². The molecule has 0 amide bonds. The first-order valence-electron chi connectivity index (χ1n) is 8.40. The van der Waals surface area contributed by atoms with Gasteiger partial charge in [-0.2, -0.15) is 0 Å². The van der Waals surface area contributed by atoms with Crippen molar-refractivity contribution in [3.63, 3.8) is 0 Å². The van der Waals surface area contributed by atoms with E-state index in [1.807, 2.05) is 6.08 Å². The lowest BCUT2D eigenvalue weighted by Crippen LogP contribution is -2.40. The van der Waals surface area contributed by atoms with E-state index in [4.69, 9.17) is 0 Å². The molecule has 0 aliphatic rings. The van der Waals surface area contributed by atoms with Gasteiger partial charge in [-0.05, 0) is 30.7 Å². The van der Waals surface area contributed by atoms with Gasteiger partial charge < -0.3 is 0 Å².